The molecule has 3 aromatic rings. The molecule has 0 spiro atoms. The number of imidazole rings is 1. The minimum atomic E-state index is 0.455. The maximum Gasteiger partial charge on any atom is 0.156 e. The van der Waals surface area contributed by atoms with Crippen molar-refractivity contribution in [2.45, 2.75) is 0 Å². The van der Waals surface area contributed by atoms with Gasteiger partial charge < -0.3 is 10.7 Å². The van der Waals surface area contributed by atoms with Crippen LogP contribution in [0.2, 0.25) is 0 Å². The first-order chi connectivity index (χ1) is 7.72. The fraction of sp³-hybridized carbons (Fsp3) is 0. The lowest BCUT2D eigenvalue weighted by molar-refractivity contribution is 1.09. The lowest BCUT2D eigenvalue weighted by atomic mass is 10.3. The molecule has 0 atom stereocenters. The van der Waals surface area contributed by atoms with Crippen LogP contribution in [0, 0.1) is 0 Å². The van der Waals surface area contributed by atoms with Crippen LogP contribution in [0.3, 0.4) is 0 Å². The second kappa shape index (κ2) is 3.34. The molecule has 16 heavy (non-hydrogen) atoms. The maximum absolute atomic E-state index is 5.54. The quantitative estimate of drug-likeness (QED) is 0.638. The molecule has 3 rings (SSSR count). The number of nitrogens with one attached hydrogen (secondary N) is 2. The molecule has 0 amide bonds. The monoisotopic (exact) mass is 277 g/mol. The SMILES string of the molecule is Nc1cc(-c2nc3ccc(Br)cc3[nH]2)[nH]n1. The number of aromatic nitrogens is 4. The number of halogens is 1. The molecule has 0 radical (unpaired) electrons. The highest BCUT2D eigenvalue weighted by molar-refractivity contribution is 9.10. The second-order valence-electron chi connectivity index (χ2n) is 3.45. The minimum absolute atomic E-state index is 0.455. The van der Waals surface area contributed by atoms with Crippen LogP contribution in [0.1, 0.15) is 0 Å². The van der Waals surface area contributed by atoms with E-state index in [0.29, 0.717) is 5.82 Å². The molecule has 5 nitrogen and oxygen atoms in total. The topological polar surface area (TPSA) is 83.4 Å². The molecule has 0 aliphatic heterocycles. The summed E-state index contributed by atoms with van der Waals surface area (Å²) in [5, 5.41) is 6.68. The number of nitrogens with zero attached hydrogens (tertiary/aromatic N) is 2. The van der Waals surface area contributed by atoms with E-state index in [2.05, 4.69) is 36.1 Å². The van der Waals surface area contributed by atoms with Crippen molar-refractivity contribution in [3.05, 3.63) is 28.7 Å². The van der Waals surface area contributed by atoms with Crippen molar-refractivity contribution in [3.63, 3.8) is 0 Å². The van der Waals surface area contributed by atoms with Gasteiger partial charge in [0.1, 0.15) is 11.5 Å². The van der Waals surface area contributed by atoms with E-state index in [-0.39, 0.29) is 0 Å². The Hall–Kier alpha value is -1.82. The lowest BCUT2D eigenvalue weighted by Crippen LogP contribution is -1.81. The molecule has 0 saturated carbocycles. The van der Waals surface area contributed by atoms with Gasteiger partial charge in [0.25, 0.3) is 0 Å². The number of rotatable bonds is 1. The molecule has 6 heteroatoms. The van der Waals surface area contributed by atoms with Gasteiger partial charge in [0.05, 0.1) is 11.0 Å². The van der Waals surface area contributed by atoms with E-state index < -0.39 is 0 Å². The van der Waals surface area contributed by atoms with Gasteiger partial charge in [0, 0.05) is 10.5 Å². The van der Waals surface area contributed by atoms with Gasteiger partial charge in [-0.25, -0.2) is 4.98 Å². The van der Waals surface area contributed by atoms with E-state index in [0.717, 1.165) is 27.0 Å². The third kappa shape index (κ3) is 1.47. The summed E-state index contributed by atoms with van der Waals surface area (Å²) in [6, 6.07) is 7.62. The summed E-state index contributed by atoms with van der Waals surface area (Å²) in [6.45, 7) is 0. The zero-order valence-corrected chi connectivity index (χ0v) is 9.75. The van der Waals surface area contributed by atoms with E-state index in [1.54, 1.807) is 6.07 Å². The molecule has 80 valence electrons. The van der Waals surface area contributed by atoms with Gasteiger partial charge in [-0.3, -0.25) is 5.10 Å². The van der Waals surface area contributed by atoms with Crippen molar-refractivity contribution in [2.24, 2.45) is 0 Å². The predicted molar refractivity (Wildman–Crippen MR) is 65.8 cm³/mol. The summed E-state index contributed by atoms with van der Waals surface area (Å²) >= 11 is 3.41. The standard InChI is InChI=1S/C10H8BrN5/c11-5-1-2-6-7(3-5)14-10(13-6)8-4-9(12)16-15-8/h1-4H,(H,13,14)(H3,12,15,16). The average molecular weight is 278 g/mol. The molecule has 1 aromatic carbocycles. The van der Waals surface area contributed by atoms with Crippen molar-refractivity contribution in [2.75, 3.05) is 5.73 Å². The molecular formula is C10H8BrN5. The summed E-state index contributed by atoms with van der Waals surface area (Å²) in [5.41, 5.74) is 8.20. The minimum Gasteiger partial charge on any atom is -0.382 e. The van der Waals surface area contributed by atoms with Crippen LogP contribution >= 0.6 is 15.9 Å². The van der Waals surface area contributed by atoms with Crippen molar-refractivity contribution in [3.8, 4) is 11.5 Å². The number of H-pyrrole nitrogens is 2. The van der Waals surface area contributed by atoms with Crippen molar-refractivity contribution < 1.29 is 0 Å². The van der Waals surface area contributed by atoms with Gasteiger partial charge in [-0.2, -0.15) is 5.10 Å². The zero-order chi connectivity index (χ0) is 11.1. The Bertz CT molecular complexity index is 654. The van der Waals surface area contributed by atoms with Gasteiger partial charge in [0.2, 0.25) is 0 Å². The molecule has 0 fully saturated rings. The van der Waals surface area contributed by atoms with E-state index in [1.807, 2.05) is 18.2 Å². The van der Waals surface area contributed by atoms with Gasteiger partial charge in [-0.15, -0.1) is 0 Å². The highest BCUT2D eigenvalue weighted by Gasteiger charge is 2.07. The Morgan fingerprint density at radius 3 is 2.88 bits per heavy atom. The van der Waals surface area contributed by atoms with Crippen LogP contribution in [-0.4, -0.2) is 20.2 Å². The van der Waals surface area contributed by atoms with Crippen LogP contribution in [0.5, 0.6) is 0 Å². The molecule has 0 unspecified atom stereocenters. The number of fused-ring (bicyclic) bond motifs is 1. The zero-order valence-electron chi connectivity index (χ0n) is 8.16. The molecule has 0 aliphatic rings. The fourth-order valence-electron chi connectivity index (χ4n) is 1.57. The van der Waals surface area contributed by atoms with Gasteiger partial charge in [-0.05, 0) is 18.2 Å². The van der Waals surface area contributed by atoms with E-state index >= 15 is 0 Å². The van der Waals surface area contributed by atoms with Gasteiger partial charge >= 0.3 is 0 Å². The molecule has 0 aliphatic carbocycles. The number of anilines is 1. The summed E-state index contributed by atoms with van der Waals surface area (Å²) in [5.74, 6) is 1.19. The van der Waals surface area contributed by atoms with Crippen LogP contribution in [0.25, 0.3) is 22.6 Å². The van der Waals surface area contributed by atoms with Crippen LogP contribution < -0.4 is 5.73 Å². The van der Waals surface area contributed by atoms with Gasteiger partial charge in [0.15, 0.2) is 5.82 Å². The maximum atomic E-state index is 5.54. The largest absolute Gasteiger partial charge is 0.382 e. The Labute approximate surface area is 99.2 Å². The Morgan fingerprint density at radius 1 is 1.25 bits per heavy atom. The number of aromatic amines is 2. The smallest absolute Gasteiger partial charge is 0.156 e. The molecule has 2 heterocycles. The van der Waals surface area contributed by atoms with Crippen LogP contribution in [-0.2, 0) is 0 Å². The first-order valence-electron chi connectivity index (χ1n) is 4.69. The summed E-state index contributed by atoms with van der Waals surface area (Å²) in [7, 11) is 0. The highest BCUT2D eigenvalue weighted by atomic mass is 79.9. The first kappa shape index (κ1) is 9.41. The summed E-state index contributed by atoms with van der Waals surface area (Å²) < 4.78 is 1.01. The predicted octanol–water partition coefficient (Wildman–Crippen LogP) is 2.30. The van der Waals surface area contributed by atoms with Crippen molar-refractivity contribution in [1.82, 2.24) is 20.2 Å². The molecule has 0 saturated heterocycles. The van der Waals surface area contributed by atoms with Crippen molar-refractivity contribution >= 4 is 32.8 Å². The van der Waals surface area contributed by atoms with E-state index in [9.17, 15) is 0 Å². The summed E-state index contributed by atoms with van der Waals surface area (Å²) in [6.07, 6.45) is 0. The Morgan fingerprint density at radius 2 is 2.12 bits per heavy atom. The normalized spacial score (nSPS) is 11.1. The van der Waals surface area contributed by atoms with E-state index in [1.165, 1.54) is 0 Å². The first-order valence-corrected chi connectivity index (χ1v) is 5.48. The third-order valence-corrected chi connectivity index (χ3v) is 2.79. The van der Waals surface area contributed by atoms with Crippen LogP contribution in [0.15, 0.2) is 28.7 Å². The van der Waals surface area contributed by atoms with E-state index in [4.69, 9.17) is 5.73 Å². The molecular weight excluding hydrogens is 270 g/mol. The fourth-order valence-corrected chi connectivity index (χ4v) is 1.93. The third-order valence-electron chi connectivity index (χ3n) is 2.30. The number of hydrogen-bond donors (Lipinski definition) is 3. The number of hydrogen-bond acceptors (Lipinski definition) is 3. The average Bonchev–Trinajstić information content (AvgIpc) is 2.83. The number of benzene rings is 1. The van der Waals surface area contributed by atoms with Gasteiger partial charge in [-0.1, -0.05) is 15.9 Å². The second-order valence-corrected chi connectivity index (χ2v) is 4.37. The number of nitrogens with two attached hydrogens (primary N) is 1. The highest BCUT2D eigenvalue weighted by Crippen LogP contribution is 2.22. The Kier molecular flexibility index (Phi) is 1.97. The summed E-state index contributed by atoms with van der Waals surface area (Å²) in [4.78, 5) is 7.63. The van der Waals surface area contributed by atoms with Crippen LogP contribution in [0.4, 0.5) is 5.82 Å². The molecule has 0 bridgehead atoms. The lowest BCUT2D eigenvalue weighted by Gasteiger charge is -1.88. The number of nitrogen functional groups attached to an aromatic ring is 1. The molecule has 4 N–H and O–H groups in total. The van der Waals surface area contributed by atoms with Crippen molar-refractivity contribution in [1.29, 1.82) is 0 Å². The molecule has 2 aromatic heterocycles. The Balaban J connectivity index is 2.18.